The van der Waals surface area contributed by atoms with Gasteiger partial charge in [-0.15, -0.1) is 12.4 Å². The van der Waals surface area contributed by atoms with Crippen molar-refractivity contribution >= 4 is 24.3 Å². The van der Waals surface area contributed by atoms with Crippen LogP contribution in [-0.4, -0.2) is 48.1 Å². The third kappa shape index (κ3) is 5.26. The molecule has 20 heavy (non-hydrogen) atoms. The summed E-state index contributed by atoms with van der Waals surface area (Å²) in [7, 11) is 0. The number of imide groups is 1. The molecule has 118 valence electrons. The summed E-state index contributed by atoms with van der Waals surface area (Å²) in [5, 5.41) is 4.92. The highest BCUT2D eigenvalue weighted by Gasteiger charge is 2.32. The van der Waals surface area contributed by atoms with E-state index in [0.29, 0.717) is 6.54 Å². The second-order valence-electron chi connectivity index (χ2n) is 5.18. The van der Waals surface area contributed by atoms with E-state index in [4.69, 9.17) is 5.73 Å². The van der Waals surface area contributed by atoms with Gasteiger partial charge in [-0.2, -0.15) is 0 Å². The predicted octanol–water partition coefficient (Wildman–Crippen LogP) is 0.844. The standard InChI is InChI=1S/C13H26N4O2.ClH/c1-4-15-13(19)16-12(18)10(3)17-8-6-5-7-11(17)9(2)14;/h9-11H,4-8,14H2,1-3H3,(H2,15,16,18,19);1H. The fourth-order valence-electron chi connectivity index (χ4n) is 2.60. The van der Waals surface area contributed by atoms with Crippen LogP contribution in [0, 0.1) is 0 Å². The van der Waals surface area contributed by atoms with Gasteiger partial charge in [0.2, 0.25) is 5.91 Å². The average Bonchev–Trinajstić information content (AvgIpc) is 2.37. The molecular weight excluding hydrogens is 280 g/mol. The van der Waals surface area contributed by atoms with Gasteiger partial charge in [0, 0.05) is 18.6 Å². The Bertz CT molecular complexity index is 325. The van der Waals surface area contributed by atoms with Gasteiger partial charge in [-0.1, -0.05) is 6.42 Å². The molecule has 3 amide bonds. The van der Waals surface area contributed by atoms with E-state index in [1.54, 1.807) is 0 Å². The summed E-state index contributed by atoms with van der Waals surface area (Å²) in [6.45, 7) is 6.97. The van der Waals surface area contributed by atoms with Crippen LogP contribution < -0.4 is 16.4 Å². The van der Waals surface area contributed by atoms with Crippen LogP contribution in [0.4, 0.5) is 4.79 Å². The average molecular weight is 307 g/mol. The summed E-state index contributed by atoms with van der Waals surface area (Å²) < 4.78 is 0. The van der Waals surface area contributed by atoms with Crippen LogP contribution in [0.25, 0.3) is 0 Å². The first-order chi connectivity index (χ1) is 8.97. The van der Waals surface area contributed by atoms with Crippen molar-refractivity contribution in [1.82, 2.24) is 15.5 Å². The van der Waals surface area contributed by atoms with Crippen molar-refractivity contribution in [3.8, 4) is 0 Å². The molecule has 0 bridgehead atoms. The Labute approximate surface area is 127 Å². The number of rotatable bonds is 4. The quantitative estimate of drug-likeness (QED) is 0.718. The largest absolute Gasteiger partial charge is 0.338 e. The molecule has 0 aromatic carbocycles. The van der Waals surface area contributed by atoms with E-state index in [0.717, 1.165) is 25.8 Å². The number of nitrogens with zero attached hydrogens (tertiary/aromatic N) is 1. The molecule has 7 heteroatoms. The summed E-state index contributed by atoms with van der Waals surface area (Å²) >= 11 is 0. The van der Waals surface area contributed by atoms with Gasteiger partial charge >= 0.3 is 6.03 Å². The second-order valence-corrected chi connectivity index (χ2v) is 5.18. The van der Waals surface area contributed by atoms with Gasteiger partial charge in [0.15, 0.2) is 0 Å². The normalized spacial score (nSPS) is 22.3. The lowest BCUT2D eigenvalue weighted by Crippen LogP contribution is -2.57. The molecular formula is C13H27ClN4O2. The molecule has 0 aromatic heterocycles. The fraction of sp³-hybridized carbons (Fsp3) is 0.846. The van der Waals surface area contributed by atoms with Crippen molar-refractivity contribution in [1.29, 1.82) is 0 Å². The monoisotopic (exact) mass is 306 g/mol. The molecule has 6 nitrogen and oxygen atoms in total. The maximum absolute atomic E-state index is 12.0. The van der Waals surface area contributed by atoms with Gasteiger partial charge in [-0.3, -0.25) is 15.0 Å². The molecule has 1 fully saturated rings. The summed E-state index contributed by atoms with van der Waals surface area (Å²) in [5.74, 6) is -0.265. The fourth-order valence-corrected chi connectivity index (χ4v) is 2.60. The van der Waals surface area contributed by atoms with Crippen LogP contribution >= 0.6 is 12.4 Å². The van der Waals surface area contributed by atoms with Crippen LogP contribution in [0.5, 0.6) is 0 Å². The van der Waals surface area contributed by atoms with Gasteiger partial charge in [-0.25, -0.2) is 4.79 Å². The van der Waals surface area contributed by atoms with Crippen molar-refractivity contribution in [2.45, 2.75) is 58.2 Å². The van der Waals surface area contributed by atoms with Crippen molar-refractivity contribution in [2.24, 2.45) is 5.73 Å². The minimum atomic E-state index is -0.436. The van der Waals surface area contributed by atoms with E-state index < -0.39 is 6.03 Å². The van der Waals surface area contributed by atoms with Gasteiger partial charge in [-0.05, 0) is 40.2 Å². The molecule has 1 aliphatic heterocycles. The molecule has 0 aliphatic carbocycles. The van der Waals surface area contributed by atoms with Crippen LogP contribution in [0.3, 0.4) is 0 Å². The molecule has 1 heterocycles. The highest BCUT2D eigenvalue weighted by atomic mass is 35.5. The maximum Gasteiger partial charge on any atom is 0.321 e. The summed E-state index contributed by atoms with van der Waals surface area (Å²) in [5.41, 5.74) is 5.99. The summed E-state index contributed by atoms with van der Waals surface area (Å²) in [6, 6.07) is -0.531. The zero-order valence-corrected chi connectivity index (χ0v) is 13.3. The van der Waals surface area contributed by atoms with E-state index >= 15 is 0 Å². The molecule has 4 N–H and O–H groups in total. The number of amides is 3. The molecule has 3 atom stereocenters. The van der Waals surface area contributed by atoms with Crippen LogP contribution in [0.2, 0.25) is 0 Å². The highest BCUT2D eigenvalue weighted by molar-refractivity contribution is 5.96. The zero-order valence-electron chi connectivity index (χ0n) is 12.5. The SMILES string of the molecule is CCNC(=O)NC(=O)C(C)N1CCCCC1C(C)N.Cl. The van der Waals surface area contributed by atoms with E-state index in [-0.39, 0.29) is 36.4 Å². The number of hydrogen-bond donors (Lipinski definition) is 3. The lowest BCUT2D eigenvalue weighted by atomic mass is 9.95. The number of nitrogens with two attached hydrogens (primary N) is 1. The first-order valence-electron chi connectivity index (χ1n) is 7.07. The third-order valence-corrected chi connectivity index (χ3v) is 3.65. The minimum Gasteiger partial charge on any atom is -0.338 e. The molecule has 1 saturated heterocycles. The van der Waals surface area contributed by atoms with E-state index in [1.165, 1.54) is 0 Å². The molecule has 0 radical (unpaired) electrons. The third-order valence-electron chi connectivity index (χ3n) is 3.65. The molecule has 1 aliphatic rings. The number of nitrogens with one attached hydrogen (secondary N) is 2. The number of hydrogen-bond acceptors (Lipinski definition) is 4. The van der Waals surface area contributed by atoms with E-state index in [1.807, 2.05) is 20.8 Å². The number of urea groups is 1. The molecule has 1 rings (SSSR count). The number of likely N-dealkylation sites (tertiary alicyclic amines) is 1. The van der Waals surface area contributed by atoms with Crippen LogP contribution in [0.1, 0.15) is 40.0 Å². The van der Waals surface area contributed by atoms with E-state index in [2.05, 4.69) is 15.5 Å². The molecule has 3 unspecified atom stereocenters. The van der Waals surface area contributed by atoms with Crippen LogP contribution in [-0.2, 0) is 4.79 Å². The van der Waals surface area contributed by atoms with Crippen LogP contribution in [0.15, 0.2) is 0 Å². The first-order valence-corrected chi connectivity index (χ1v) is 7.07. The Morgan fingerprint density at radius 3 is 2.55 bits per heavy atom. The zero-order chi connectivity index (χ0) is 14.4. The Kier molecular flexibility index (Phi) is 8.76. The summed E-state index contributed by atoms with van der Waals surface area (Å²) in [4.78, 5) is 25.5. The van der Waals surface area contributed by atoms with Gasteiger partial charge in [0.1, 0.15) is 0 Å². The first kappa shape index (κ1) is 19.1. The molecule has 0 aromatic rings. The smallest absolute Gasteiger partial charge is 0.321 e. The Balaban J connectivity index is 0.00000361. The van der Waals surface area contributed by atoms with Gasteiger partial charge in [0.05, 0.1) is 6.04 Å². The Morgan fingerprint density at radius 2 is 2.00 bits per heavy atom. The number of halogens is 1. The minimum absolute atomic E-state index is 0. The topological polar surface area (TPSA) is 87.5 Å². The van der Waals surface area contributed by atoms with Gasteiger partial charge < -0.3 is 11.1 Å². The van der Waals surface area contributed by atoms with Crippen molar-refractivity contribution < 1.29 is 9.59 Å². The number of carbonyl (C=O) groups excluding carboxylic acids is 2. The second kappa shape index (κ2) is 9.15. The van der Waals surface area contributed by atoms with Crippen molar-refractivity contribution in [3.05, 3.63) is 0 Å². The number of carbonyl (C=O) groups is 2. The molecule has 0 saturated carbocycles. The van der Waals surface area contributed by atoms with Crippen molar-refractivity contribution in [3.63, 3.8) is 0 Å². The number of piperidine rings is 1. The predicted molar refractivity (Wildman–Crippen MR) is 81.9 cm³/mol. The van der Waals surface area contributed by atoms with Gasteiger partial charge in [0.25, 0.3) is 0 Å². The lowest BCUT2D eigenvalue weighted by Gasteiger charge is -2.41. The lowest BCUT2D eigenvalue weighted by molar-refractivity contribution is -0.126. The maximum atomic E-state index is 12.0. The molecule has 0 spiro atoms. The summed E-state index contributed by atoms with van der Waals surface area (Å²) in [6.07, 6.45) is 3.23. The Hall–Kier alpha value is -0.850. The highest BCUT2D eigenvalue weighted by Crippen LogP contribution is 2.21. The van der Waals surface area contributed by atoms with Crippen molar-refractivity contribution in [2.75, 3.05) is 13.1 Å². The van der Waals surface area contributed by atoms with E-state index in [9.17, 15) is 9.59 Å². The Morgan fingerprint density at radius 1 is 1.35 bits per heavy atom.